The number of rotatable bonds is 2. The van der Waals surface area contributed by atoms with E-state index >= 15 is 0 Å². The molecule has 1 unspecified atom stereocenters. The van der Waals surface area contributed by atoms with Gasteiger partial charge in [0.25, 0.3) is 0 Å². The van der Waals surface area contributed by atoms with Crippen LogP contribution in [0.5, 0.6) is 0 Å². The number of hydrogen-bond acceptors (Lipinski definition) is 3. The number of carbonyl (C=O) groups excluding carboxylic acids is 1. The summed E-state index contributed by atoms with van der Waals surface area (Å²) in [6, 6.07) is 5.23. The third-order valence-electron chi connectivity index (χ3n) is 2.73. The predicted molar refractivity (Wildman–Crippen MR) is 66.5 cm³/mol. The highest BCUT2D eigenvalue weighted by Crippen LogP contribution is 2.24. The smallest absolute Gasteiger partial charge is 0.192 e. The Morgan fingerprint density at radius 2 is 2.25 bits per heavy atom. The van der Waals surface area contributed by atoms with Crippen molar-refractivity contribution < 1.29 is 9.53 Å². The Labute approximate surface area is 103 Å². The van der Waals surface area contributed by atoms with Crippen molar-refractivity contribution >= 4 is 27.4 Å². The minimum atomic E-state index is -0.284. The number of anilines is 1. The lowest BCUT2D eigenvalue weighted by molar-refractivity contribution is 0.0186. The van der Waals surface area contributed by atoms with Crippen molar-refractivity contribution in [2.45, 2.75) is 25.4 Å². The second kappa shape index (κ2) is 4.97. The van der Waals surface area contributed by atoms with E-state index in [-0.39, 0.29) is 11.9 Å². The lowest BCUT2D eigenvalue weighted by Crippen LogP contribution is -2.28. The normalized spacial score (nSPS) is 20.7. The number of nitrogens with two attached hydrogens (primary N) is 1. The third-order valence-corrected chi connectivity index (χ3v) is 3.39. The van der Waals surface area contributed by atoms with Crippen molar-refractivity contribution in [3.63, 3.8) is 0 Å². The summed E-state index contributed by atoms with van der Waals surface area (Å²) in [5, 5.41) is 0. The predicted octanol–water partition coefficient (Wildman–Crippen LogP) is 2.78. The average molecular weight is 284 g/mol. The maximum absolute atomic E-state index is 12.1. The van der Waals surface area contributed by atoms with E-state index in [9.17, 15) is 4.79 Å². The molecule has 1 heterocycles. The minimum Gasteiger partial charge on any atom is -0.399 e. The largest absolute Gasteiger partial charge is 0.399 e. The van der Waals surface area contributed by atoms with E-state index < -0.39 is 0 Å². The van der Waals surface area contributed by atoms with Gasteiger partial charge in [-0.1, -0.05) is 0 Å². The Kier molecular flexibility index (Phi) is 3.61. The number of hydrogen-bond donors (Lipinski definition) is 1. The monoisotopic (exact) mass is 283 g/mol. The number of nitrogen functional groups attached to an aromatic ring is 1. The second-order valence-corrected chi connectivity index (χ2v) is 4.81. The molecule has 86 valence electrons. The van der Waals surface area contributed by atoms with Crippen LogP contribution in [-0.2, 0) is 4.74 Å². The first-order valence-electron chi connectivity index (χ1n) is 5.39. The third kappa shape index (κ3) is 2.44. The molecule has 1 aliphatic heterocycles. The van der Waals surface area contributed by atoms with E-state index in [4.69, 9.17) is 10.5 Å². The molecular weight excluding hydrogens is 270 g/mol. The first-order chi connectivity index (χ1) is 7.68. The summed E-state index contributed by atoms with van der Waals surface area (Å²) in [4.78, 5) is 12.1. The average Bonchev–Trinajstić information content (AvgIpc) is 2.29. The molecule has 0 aromatic heterocycles. The van der Waals surface area contributed by atoms with Crippen LogP contribution in [0.3, 0.4) is 0 Å². The van der Waals surface area contributed by atoms with Gasteiger partial charge >= 0.3 is 0 Å². The van der Waals surface area contributed by atoms with Gasteiger partial charge in [0.15, 0.2) is 5.78 Å². The van der Waals surface area contributed by atoms with Gasteiger partial charge < -0.3 is 10.5 Å². The minimum absolute atomic E-state index is 0.0478. The highest BCUT2D eigenvalue weighted by molar-refractivity contribution is 9.10. The van der Waals surface area contributed by atoms with Crippen molar-refractivity contribution in [3.8, 4) is 0 Å². The van der Waals surface area contributed by atoms with Gasteiger partial charge in [0, 0.05) is 22.3 Å². The molecule has 0 amide bonds. The standard InChI is InChI=1S/C12H14BrNO2/c13-10-7-8(14)4-5-9(10)12(15)11-3-1-2-6-16-11/h4-5,7,11H,1-3,6,14H2. The van der Waals surface area contributed by atoms with Gasteiger partial charge in [-0.15, -0.1) is 0 Å². The maximum atomic E-state index is 12.1. The van der Waals surface area contributed by atoms with Gasteiger partial charge in [-0.25, -0.2) is 0 Å². The number of halogens is 1. The lowest BCUT2D eigenvalue weighted by Gasteiger charge is -2.21. The van der Waals surface area contributed by atoms with E-state index in [2.05, 4.69) is 15.9 Å². The summed E-state index contributed by atoms with van der Waals surface area (Å²) in [5.41, 5.74) is 6.93. The highest BCUT2D eigenvalue weighted by Gasteiger charge is 2.24. The Balaban J connectivity index is 2.19. The van der Waals surface area contributed by atoms with Crippen molar-refractivity contribution in [3.05, 3.63) is 28.2 Å². The van der Waals surface area contributed by atoms with Gasteiger partial charge in [0.1, 0.15) is 6.10 Å². The van der Waals surface area contributed by atoms with E-state index in [1.807, 2.05) is 0 Å². The highest BCUT2D eigenvalue weighted by atomic mass is 79.9. The molecule has 1 aromatic carbocycles. The molecule has 1 aromatic rings. The Bertz CT molecular complexity index is 400. The van der Waals surface area contributed by atoms with Crippen LogP contribution in [-0.4, -0.2) is 18.5 Å². The van der Waals surface area contributed by atoms with Crippen molar-refractivity contribution in [1.29, 1.82) is 0 Å². The van der Waals surface area contributed by atoms with Crippen LogP contribution in [0.2, 0.25) is 0 Å². The van der Waals surface area contributed by atoms with Crippen LogP contribution in [0.1, 0.15) is 29.6 Å². The molecule has 1 fully saturated rings. The topological polar surface area (TPSA) is 52.3 Å². The van der Waals surface area contributed by atoms with Crippen LogP contribution < -0.4 is 5.73 Å². The lowest BCUT2D eigenvalue weighted by atomic mass is 10.00. The Hall–Kier alpha value is -0.870. The Morgan fingerprint density at radius 1 is 1.44 bits per heavy atom. The second-order valence-electron chi connectivity index (χ2n) is 3.96. The van der Waals surface area contributed by atoms with Gasteiger partial charge in [0.2, 0.25) is 0 Å². The SMILES string of the molecule is Nc1ccc(C(=O)C2CCCCO2)c(Br)c1. The van der Waals surface area contributed by atoms with Crippen LogP contribution in [0, 0.1) is 0 Å². The van der Waals surface area contributed by atoms with Crippen LogP contribution in [0.25, 0.3) is 0 Å². The van der Waals surface area contributed by atoms with Crippen molar-refractivity contribution in [2.24, 2.45) is 0 Å². The van der Waals surface area contributed by atoms with Gasteiger partial charge in [-0.3, -0.25) is 4.79 Å². The van der Waals surface area contributed by atoms with Gasteiger partial charge in [-0.2, -0.15) is 0 Å². The molecule has 3 nitrogen and oxygen atoms in total. The zero-order valence-electron chi connectivity index (χ0n) is 8.91. The quantitative estimate of drug-likeness (QED) is 0.671. The van der Waals surface area contributed by atoms with Crippen molar-refractivity contribution in [2.75, 3.05) is 12.3 Å². The molecule has 1 atom stereocenters. The fourth-order valence-electron chi connectivity index (χ4n) is 1.85. The summed E-state index contributed by atoms with van der Waals surface area (Å²) in [5.74, 6) is 0.0478. The van der Waals surface area contributed by atoms with E-state index in [0.29, 0.717) is 17.9 Å². The first kappa shape index (κ1) is 11.6. The first-order valence-corrected chi connectivity index (χ1v) is 6.18. The number of ether oxygens (including phenoxy) is 1. The zero-order chi connectivity index (χ0) is 11.5. The Morgan fingerprint density at radius 3 is 2.88 bits per heavy atom. The molecule has 2 N–H and O–H groups in total. The molecule has 1 aliphatic rings. The van der Waals surface area contributed by atoms with Crippen LogP contribution in [0.15, 0.2) is 22.7 Å². The molecule has 1 saturated heterocycles. The molecule has 0 aliphatic carbocycles. The number of benzene rings is 1. The van der Waals surface area contributed by atoms with E-state index in [1.165, 1.54) is 0 Å². The van der Waals surface area contributed by atoms with Crippen molar-refractivity contribution in [1.82, 2.24) is 0 Å². The summed E-state index contributed by atoms with van der Waals surface area (Å²) in [6.45, 7) is 0.684. The van der Waals surface area contributed by atoms with Gasteiger partial charge in [-0.05, 0) is 53.4 Å². The molecule has 0 spiro atoms. The molecule has 16 heavy (non-hydrogen) atoms. The fraction of sp³-hybridized carbons (Fsp3) is 0.417. The van der Waals surface area contributed by atoms with E-state index in [0.717, 1.165) is 23.7 Å². The molecule has 2 rings (SSSR count). The summed E-state index contributed by atoms with van der Waals surface area (Å²) >= 11 is 3.36. The summed E-state index contributed by atoms with van der Waals surface area (Å²) in [7, 11) is 0. The summed E-state index contributed by atoms with van der Waals surface area (Å²) < 4.78 is 6.22. The fourth-order valence-corrected chi connectivity index (χ4v) is 2.44. The summed E-state index contributed by atoms with van der Waals surface area (Å²) in [6.07, 6.45) is 2.64. The number of Topliss-reactive ketones (excluding diaryl/α,β-unsaturated/α-hetero) is 1. The molecule has 0 bridgehead atoms. The maximum Gasteiger partial charge on any atom is 0.192 e. The molecule has 0 radical (unpaired) electrons. The van der Waals surface area contributed by atoms with Gasteiger partial charge in [0.05, 0.1) is 0 Å². The van der Waals surface area contributed by atoms with Crippen LogP contribution >= 0.6 is 15.9 Å². The molecule has 0 saturated carbocycles. The van der Waals surface area contributed by atoms with Crippen LogP contribution in [0.4, 0.5) is 5.69 Å². The number of carbonyl (C=O) groups is 1. The molecule has 4 heteroatoms. The number of ketones is 1. The zero-order valence-corrected chi connectivity index (χ0v) is 10.5. The molecular formula is C12H14BrNO2. The van der Waals surface area contributed by atoms with E-state index in [1.54, 1.807) is 18.2 Å².